The van der Waals surface area contributed by atoms with Crippen molar-refractivity contribution in [2.75, 3.05) is 6.61 Å². The molecule has 1 aliphatic heterocycles. The molecule has 0 amide bonds. The first kappa shape index (κ1) is 7.11. The van der Waals surface area contributed by atoms with Crippen LogP contribution in [0.15, 0.2) is 23.8 Å². The third kappa shape index (κ3) is 1.54. The van der Waals surface area contributed by atoms with Gasteiger partial charge in [0.15, 0.2) is 0 Å². The summed E-state index contributed by atoms with van der Waals surface area (Å²) in [6.45, 7) is 0.808. The lowest BCUT2D eigenvalue weighted by molar-refractivity contribution is 0.149. The fourth-order valence-electron chi connectivity index (χ4n) is 1.75. The van der Waals surface area contributed by atoms with Crippen molar-refractivity contribution >= 4 is 0 Å². The Labute approximate surface area is 67.7 Å². The molecule has 1 unspecified atom stereocenters. The van der Waals surface area contributed by atoms with E-state index in [9.17, 15) is 0 Å². The highest BCUT2D eigenvalue weighted by Crippen LogP contribution is 2.24. The molecule has 0 fully saturated rings. The van der Waals surface area contributed by atoms with Crippen LogP contribution in [0.3, 0.4) is 0 Å². The summed E-state index contributed by atoms with van der Waals surface area (Å²) in [5, 5.41) is 0. The molecule has 1 aliphatic carbocycles. The fraction of sp³-hybridized carbons (Fsp3) is 0.600. The Balaban J connectivity index is 2.02. The third-order valence-electron chi connectivity index (χ3n) is 2.37. The first-order chi connectivity index (χ1) is 5.47. The molecule has 0 aromatic carbocycles. The van der Waals surface area contributed by atoms with Crippen molar-refractivity contribution in [1.29, 1.82) is 0 Å². The predicted octanol–water partition coefficient (Wildman–Crippen LogP) is 2.44. The van der Waals surface area contributed by atoms with E-state index in [1.165, 1.54) is 31.3 Å². The molecule has 2 rings (SSSR count). The van der Waals surface area contributed by atoms with Crippen LogP contribution in [0.1, 0.15) is 25.7 Å². The van der Waals surface area contributed by atoms with Gasteiger partial charge in [0.2, 0.25) is 0 Å². The molecule has 1 nitrogen and oxygen atoms in total. The van der Waals surface area contributed by atoms with Gasteiger partial charge in [-0.2, -0.15) is 0 Å². The summed E-state index contributed by atoms with van der Waals surface area (Å²) >= 11 is 0. The molecule has 0 N–H and O–H groups in total. The minimum atomic E-state index is 0.329. The lowest BCUT2D eigenvalue weighted by Gasteiger charge is -2.17. The largest absolute Gasteiger partial charge is 0.366 e. The summed E-state index contributed by atoms with van der Waals surface area (Å²) in [6.07, 6.45) is 12.2. The topological polar surface area (TPSA) is 9.23 Å². The van der Waals surface area contributed by atoms with E-state index in [0.717, 1.165) is 6.61 Å². The zero-order valence-corrected chi connectivity index (χ0v) is 6.75. The van der Waals surface area contributed by atoms with Gasteiger partial charge in [-0.3, -0.25) is 0 Å². The number of hydrogen-bond donors (Lipinski definition) is 0. The minimum absolute atomic E-state index is 0.329. The van der Waals surface area contributed by atoms with Gasteiger partial charge in [0.25, 0.3) is 0 Å². The van der Waals surface area contributed by atoms with Crippen LogP contribution in [0.25, 0.3) is 0 Å². The lowest BCUT2D eigenvalue weighted by Crippen LogP contribution is -2.10. The molecule has 1 heterocycles. The van der Waals surface area contributed by atoms with Crippen LogP contribution in [0.5, 0.6) is 0 Å². The minimum Gasteiger partial charge on any atom is -0.366 e. The zero-order valence-electron chi connectivity index (χ0n) is 6.75. The van der Waals surface area contributed by atoms with E-state index in [0.29, 0.717) is 6.10 Å². The van der Waals surface area contributed by atoms with Crippen molar-refractivity contribution < 1.29 is 4.74 Å². The Morgan fingerprint density at radius 2 is 2.36 bits per heavy atom. The Morgan fingerprint density at radius 1 is 1.36 bits per heavy atom. The van der Waals surface area contributed by atoms with Crippen molar-refractivity contribution in [3.05, 3.63) is 23.8 Å². The summed E-state index contributed by atoms with van der Waals surface area (Å²) in [5.74, 6) is 0. The first-order valence-corrected chi connectivity index (χ1v) is 4.44. The van der Waals surface area contributed by atoms with E-state index in [1.54, 1.807) is 0 Å². The maximum atomic E-state index is 5.51. The molecule has 0 radical (unpaired) electrons. The van der Waals surface area contributed by atoms with Crippen LogP contribution >= 0.6 is 0 Å². The SMILES string of the molecule is C1=CC(C2=CCCCC2)OC1. The van der Waals surface area contributed by atoms with Crippen LogP contribution in [0, 0.1) is 0 Å². The second kappa shape index (κ2) is 3.22. The smallest absolute Gasteiger partial charge is 0.0971 e. The van der Waals surface area contributed by atoms with E-state index < -0.39 is 0 Å². The van der Waals surface area contributed by atoms with Gasteiger partial charge in [0, 0.05) is 0 Å². The van der Waals surface area contributed by atoms with Gasteiger partial charge in [0.1, 0.15) is 0 Å². The van der Waals surface area contributed by atoms with E-state index in [1.807, 2.05) is 0 Å². The summed E-state index contributed by atoms with van der Waals surface area (Å²) < 4.78 is 5.51. The molecule has 2 aliphatic rings. The van der Waals surface area contributed by atoms with E-state index >= 15 is 0 Å². The molecule has 1 atom stereocenters. The van der Waals surface area contributed by atoms with Crippen LogP contribution in [-0.4, -0.2) is 12.7 Å². The quantitative estimate of drug-likeness (QED) is 0.522. The van der Waals surface area contributed by atoms with Crippen LogP contribution in [0.2, 0.25) is 0 Å². The molecule has 0 saturated carbocycles. The average molecular weight is 150 g/mol. The highest BCUT2D eigenvalue weighted by Gasteiger charge is 2.15. The molecular weight excluding hydrogens is 136 g/mol. The Hall–Kier alpha value is -0.560. The first-order valence-electron chi connectivity index (χ1n) is 4.44. The fourth-order valence-corrected chi connectivity index (χ4v) is 1.75. The standard InChI is InChI=1S/C10H14O/c1-2-5-9(6-3-1)10-7-4-8-11-10/h4-5,7,10H,1-3,6,8H2. The van der Waals surface area contributed by atoms with Gasteiger partial charge in [-0.15, -0.1) is 0 Å². The van der Waals surface area contributed by atoms with Gasteiger partial charge < -0.3 is 4.74 Å². The van der Waals surface area contributed by atoms with Crippen LogP contribution < -0.4 is 0 Å². The van der Waals surface area contributed by atoms with Crippen molar-refractivity contribution in [3.8, 4) is 0 Å². The number of hydrogen-bond acceptors (Lipinski definition) is 1. The molecule has 60 valence electrons. The molecule has 0 aromatic rings. The zero-order chi connectivity index (χ0) is 7.52. The second-order valence-electron chi connectivity index (χ2n) is 3.21. The van der Waals surface area contributed by atoms with E-state index in [-0.39, 0.29) is 0 Å². The maximum absolute atomic E-state index is 5.51. The third-order valence-corrected chi connectivity index (χ3v) is 2.37. The molecule has 0 aromatic heterocycles. The van der Waals surface area contributed by atoms with E-state index in [4.69, 9.17) is 4.74 Å². The number of rotatable bonds is 1. The maximum Gasteiger partial charge on any atom is 0.0971 e. The Bertz CT molecular complexity index is 191. The van der Waals surface area contributed by atoms with Crippen LogP contribution in [0.4, 0.5) is 0 Å². The van der Waals surface area contributed by atoms with Crippen LogP contribution in [-0.2, 0) is 4.74 Å². The normalized spacial score (nSPS) is 30.5. The number of allylic oxidation sites excluding steroid dienone is 1. The summed E-state index contributed by atoms with van der Waals surface area (Å²) in [6, 6.07) is 0. The van der Waals surface area contributed by atoms with Gasteiger partial charge in [0.05, 0.1) is 12.7 Å². The second-order valence-corrected chi connectivity index (χ2v) is 3.21. The molecule has 0 saturated heterocycles. The van der Waals surface area contributed by atoms with Crippen molar-refractivity contribution in [3.63, 3.8) is 0 Å². The average Bonchev–Trinajstić information content (AvgIpc) is 2.58. The van der Waals surface area contributed by atoms with Crippen molar-refractivity contribution in [2.24, 2.45) is 0 Å². The number of ether oxygens (including phenoxy) is 1. The van der Waals surface area contributed by atoms with Crippen molar-refractivity contribution in [1.82, 2.24) is 0 Å². The summed E-state index contributed by atoms with van der Waals surface area (Å²) in [5.41, 5.74) is 1.50. The summed E-state index contributed by atoms with van der Waals surface area (Å²) in [7, 11) is 0. The molecule has 0 spiro atoms. The molecular formula is C10H14O. The highest BCUT2D eigenvalue weighted by atomic mass is 16.5. The molecule has 0 bridgehead atoms. The Morgan fingerprint density at radius 3 is 3.00 bits per heavy atom. The predicted molar refractivity (Wildman–Crippen MR) is 45.4 cm³/mol. The molecule has 1 heteroatoms. The van der Waals surface area contributed by atoms with Gasteiger partial charge >= 0.3 is 0 Å². The van der Waals surface area contributed by atoms with Gasteiger partial charge in [-0.1, -0.05) is 18.2 Å². The van der Waals surface area contributed by atoms with Gasteiger partial charge in [-0.25, -0.2) is 0 Å². The van der Waals surface area contributed by atoms with E-state index in [2.05, 4.69) is 18.2 Å². The monoisotopic (exact) mass is 150 g/mol. The van der Waals surface area contributed by atoms with Gasteiger partial charge in [-0.05, 0) is 31.3 Å². The Kier molecular flexibility index (Phi) is 2.08. The molecule has 11 heavy (non-hydrogen) atoms. The highest BCUT2D eigenvalue weighted by molar-refractivity contribution is 5.19. The summed E-state index contributed by atoms with van der Waals surface area (Å²) in [4.78, 5) is 0. The lowest BCUT2D eigenvalue weighted by atomic mass is 9.96. The van der Waals surface area contributed by atoms with Crippen molar-refractivity contribution in [2.45, 2.75) is 31.8 Å².